The zero-order valence-corrected chi connectivity index (χ0v) is 18.5. The lowest BCUT2D eigenvalue weighted by Crippen LogP contribution is -2.53. The molecule has 8 heteroatoms. The minimum absolute atomic E-state index is 0. The molecule has 1 aromatic rings. The molecule has 1 aliphatic carbocycles. The summed E-state index contributed by atoms with van der Waals surface area (Å²) >= 11 is 6.20. The first kappa shape index (κ1) is 21.1. The molecule has 4 rings (SSSR count). The van der Waals surface area contributed by atoms with Gasteiger partial charge in [-0.15, -0.1) is 24.0 Å². The molecule has 4 atom stereocenters. The van der Waals surface area contributed by atoms with E-state index in [-0.39, 0.29) is 54.0 Å². The van der Waals surface area contributed by atoms with Crippen molar-refractivity contribution in [3.8, 4) is 0 Å². The Hall–Kier alpha value is -0.640. The first-order chi connectivity index (χ1) is 12.7. The maximum absolute atomic E-state index is 14.1. The van der Waals surface area contributed by atoms with Crippen LogP contribution in [0.25, 0.3) is 0 Å². The Balaban J connectivity index is 0.00000210. The van der Waals surface area contributed by atoms with E-state index in [1.807, 2.05) is 0 Å². The van der Waals surface area contributed by atoms with E-state index in [1.165, 1.54) is 6.07 Å². The predicted molar refractivity (Wildman–Crippen MR) is 115 cm³/mol. The van der Waals surface area contributed by atoms with Crippen molar-refractivity contribution >= 4 is 41.5 Å². The van der Waals surface area contributed by atoms with Crippen molar-refractivity contribution in [1.82, 2.24) is 10.2 Å². The molecule has 2 heterocycles. The number of ether oxygens (including phenoxy) is 2. The Morgan fingerprint density at radius 2 is 2.11 bits per heavy atom. The summed E-state index contributed by atoms with van der Waals surface area (Å²) in [4.78, 5) is 6.65. The largest absolute Gasteiger partial charge is 0.375 e. The second-order valence-electron chi connectivity index (χ2n) is 7.18. The second-order valence-corrected chi connectivity index (χ2v) is 7.59. The number of nitrogens with one attached hydrogen (secondary N) is 1. The lowest BCUT2D eigenvalue weighted by Gasteiger charge is -2.37. The number of hydrogen-bond acceptors (Lipinski definition) is 3. The predicted octanol–water partition coefficient (Wildman–Crippen LogP) is 3.41. The Kier molecular flexibility index (Phi) is 7.21. The number of benzene rings is 1. The first-order valence-electron chi connectivity index (χ1n) is 9.32. The van der Waals surface area contributed by atoms with Gasteiger partial charge in [0.25, 0.3) is 0 Å². The Morgan fingerprint density at radius 1 is 1.30 bits per heavy atom. The van der Waals surface area contributed by atoms with Crippen LogP contribution in [-0.4, -0.2) is 62.5 Å². The van der Waals surface area contributed by atoms with E-state index in [1.54, 1.807) is 19.2 Å². The fourth-order valence-electron chi connectivity index (χ4n) is 3.99. The van der Waals surface area contributed by atoms with E-state index >= 15 is 0 Å². The van der Waals surface area contributed by atoms with Gasteiger partial charge in [0.2, 0.25) is 0 Å². The van der Waals surface area contributed by atoms with E-state index in [0.717, 1.165) is 44.9 Å². The molecule has 3 fully saturated rings. The number of hydrogen-bond donors (Lipinski definition) is 1. The smallest absolute Gasteiger partial charge is 0.194 e. The lowest BCUT2D eigenvalue weighted by atomic mass is 10.1. The van der Waals surface area contributed by atoms with Crippen molar-refractivity contribution in [3.63, 3.8) is 0 Å². The van der Waals surface area contributed by atoms with E-state index in [9.17, 15) is 4.39 Å². The highest BCUT2D eigenvalue weighted by atomic mass is 127. The number of rotatable bonds is 3. The van der Waals surface area contributed by atoms with Gasteiger partial charge in [-0.05, 0) is 31.4 Å². The van der Waals surface area contributed by atoms with Crippen LogP contribution in [0, 0.1) is 5.82 Å². The van der Waals surface area contributed by atoms with Crippen LogP contribution in [0.4, 0.5) is 4.39 Å². The fraction of sp³-hybridized carbons (Fsp3) is 0.632. The molecule has 1 N–H and O–H groups in total. The van der Waals surface area contributed by atoms with Crippen molar-refractivity contribution in [2.75, 3.05) is 33.4 Å². The molecule has 0 aromatic heterocycles. The third-order valence-electron chi connectivity index (χ3n) is 5.46. The van der Waals surface area contributed by atoms with E-state index in [4.69, 9.17) is 21.1 Å². The van der Waals surface area contributed by atoms with E-state index in [2.05, 4.69) is 15.2 Å². The summed E-state index contributed by atoms with van der Waals surface area (Å²) in [7, 11) is 1.78. The van der Waals surface area contributed by atoms with Gasteiger partial charge in [0.05, 0.1) is 12.7 Å². The Morgan fingerprint density at radius 3 is 2.81 bits per heavy atom. The van der Waals surface area contributed by atoms with Gasteiger partial charge >= 0.3 is 0 Å². The minimum atomic E-state index is -0.230. The molecule has 5 nitrogen and oxygen atoms in total. The number of morpholine rings is 1. The van der Waals surface area contributed by atoms with Gasteiger partial charge in [0.15, 0.2) is 5.96 Å². The minimum Gasteiger partial charge on any atom is -0.375 e. The van der Waals surface area contributed by atoms with E-state index in [0.29, 0.717) is 17.2 Å². The maximum Gasteiger partial charge on any atom is 0.194 e. The summed E-state index contributed by atoms with van der Waals surface area (Å²) < 4.78 is 25.8. The molecule has 0 amide bonds. The summed E-state index contributed by atoms with van der Waals surface area (Å²) in [5.74, 6) is 0.707. The summed E-state index contributed by atoms with van der Waals surface area (Å²) in [6.07, 6.45) is 3.29. The topological polar surface area (TPSA) is 46.1 Å². The van der Waals surface area contributed by atoms with Crippen LogP contribution >= 0.6 is 35.6 Å². The van der Waals surface area contributed by atoms with Crippen LogP contribution in [-0.2, 0) is 9.47 Å². The van der Waals surface area contributed by atoms with Crippen LogP contribution < -0.4 is 5.32 Å². The molecule has 27 heavy (non-hydrogen) atoms. The number of guanidine groups is 1. The van der Waals surface area contributed by atoms with Gasteiger partial charge in [-0.2, -0.15) is 0 Å². The van der Waals surface area contributed by atoms with Crippen molar-refractivity contribution in [1.29, 1.82) is 0 Å². The number of aliphatic imine (C=N–C) groups is 1. The Bertz CT molecular complexity index is 667. The molecular weight excluding hydrogens is 484 g/mol. The van der Waals surface area contributed by atoms with Crippen molar-refractivity contribution < 1.29 is 13.9 Å². The zero-order chi connectivity index (χ0) is 18.1. The van der Waals surface area contributed by atoms with Gasteiger partial charge < -0.3 is 19.7 Å². The quantitative estimate of drug-likeness (QED) is 0.385. The SMILES string of the molecule is CN=C(NC1CC1c1c(F)cccc1Cl)N1CCOC(C2CCCO2)C1.I. The van der Waals surface area contributed by atoms with Crippen molar-refractivity contribution in [2.45, 2.75) is 43.4 Å². The Labute approximate surface area is 181 Å². The molecule has 2 aliphatic heterocycles. The summed E-state index contributed by atoms with van der Waals surface area (Å²) in [6.45, 7) is 3.05. The molecule has 150 valence electrons. The highest BCUT2D eigenvalue weighted by Crippen LogP contribution is 2.45. The normalized spacial score (nSPS) is 30.8. The highest BCUT2D eigenvalue weighted by molar-refractivity contribution is 14.0. The molecule has 0 spiro atoms. The molecule has 4 unspecified atom stereocenters. The average Bonchev–Trinajstić information content (AvgIpc) is 3.17. The molecule has 2 saturated heterocycles. The van der Waals surface area contributed by atoms with Crippen LogP contribution in [0.2, 0.25) is 5.02 Å². The average molecular weight is 510 g/mol. The molecule has 1 aromatic carbocycles. The lowest BCUT2D eigenvalue weighted by molar-refractivity contribution is -0.0817. The van der Waals surface area contributed by atoms with Crippen molar-refractivity contribution in [3.05, 3.63) is 34.6 Å². The van der Waals surface area contributed by atoms with Gasteiger partial charge in [0.1, 0.15) is 11.9 Å². The fourth-order valence-corrected chi connectivity index (χ4v) is 4.29. The first-order valence-corrected chi connectivity index (χ1v) is 9.70. The van der Waals surface area contributed by atoms with Crippen molar-refractivity contribution in [2.24, 2.45) is 4.99 Å². The van der Waals surface area contributed by atoms with E-state index < -0.39 is 0 Å². The van der Waals surface area contributed by atoms with Gasteiger partial charge in [0, 0.05) is 49.3 Å². The maximum atomic E-state index is 14.1. The molecule has 1 saturated carbocycles. The van der Waals surface area contributed by atoms with Gasteiger partial charge in [-0.3, -0.25) is 4.99 Å². The third kappa shape index (κ3) is 4.68. The second kappa shape index (κ2) is 9.24. The highest BCUT2D eigenvalue weighted by Gasteiger charge is 2.43. The summed E-state index contributed by atoms with van der Waals surface area (Å²) in [5.41, 5.74) is 0.612. The van der Waals surface area contributed by atoms with Gasteiger partial charge in [-0.1, -0.05) is 17.7 Å². The van der Waals surface area contributed by atoms with Crippen LogP contribution in [0.1, 0.15) is 30.7 Å². The number of nitrogens with zero attached hydrogens (tertiary/aromatic N) is 2. The van der Waals surface area contributed by atoms with Crippen LogP contribution in [0.5, 0.6) is 0 Å². The summed E-state index contributed by atoms with van der Waals surface area (Å²) in [6, 6.07) is 5.02. The standard InChI is InChI=1S/C19H25ClFN3O2.HI/c1-22-19(24-7-9-26-17(11-24)16-6-3-8-25-16)23-15-10-12(15)18-13(20)4-2-5-14(18)21;/h2,4-5,12,15-17H,3,6-11H2,1H3,(H,22,23);1H. The molecule has 3 aliphatic rings. The monoisotopic (exact) mass is 509 g/mol. The third-order valence-corrected chi connectivity index (χ3v) is 5.79. The zero-order valence-electron chi connectivity index (χ0n) is 15.4. The van der Waals surface area contributed by atoms with Crippen LogP contribution in [0.15, 0.2) is 23.2 Å². The molecule has 0 bridgehead atoms. The summed E-state index contributed by atoms with van der Waals surface area (Å²) in [5, 5.41) is 3.98. The molecule has 0 radical (unpaired) electrons. The molecular formula is C19H26ClFIN3O2. The van der Waals surface area contributed by atoms with Crippen LogP contribution in [0.3, 0.4) is 0 Å². The van der Waals surface area contributed by atoms with Gasteiger partial charge in [-0.25, -0.2) is 4.39 Å². The number of halogens is 3.